The Morgan fingerprint density at radius 2 is 1.62 bits per heavy atom. The molecule has 0 fully saturated rings. The van der Waals surface area contributed by atoms with Crippen molar-refractivity contribution >= 4 is 35.9 Å². The molecule has 1 aromatic rings. The van der Waals surface area contributed by atoms with Gasteiger partial charge in [-0.1, -0.05) is 21.0 Å². The number of halogens is 1. The summed E-state index contributed by atoms with van der Waals surface area (Å²) in [6.45, 7) is 0. The Hall–Kier alpha value is -0.600. The SMILES string of the molecule is CS(=O)(=O)[CH-]S(=O)(=O)Oc1ccc(Br)cc1. The van der Waals surface area contributed by atoms with Gasteiger partial charge in [0.25, 0.3) is 0 Å². The van der Waals surface area contributed by atoms with Crippen molar-refractivity contribution in [2.75, 3.05) is 6.26 Å². The highest BCUT2D eigenvalue weighted by Gasteiger charge is 2.08. The Morgan fingerprint density at radius 3 is 2.06 bits per heavy atom. The molecule has 5 nitrogen and oxygen atoms in total. The van der Waals surface area contributed by atoms with Crippen LogP contribution in [0.4, 0.5) is 0 Å². The maximum absolute atomic E-state index is 11.2. The average molecular weight is 328 g/mol. The van der Waals surface area contributed by atoms with Crippen LogP contribution < -0.4 is 4.18 Å². The minimum Gasteiger partial charge on any atom is -0.404 e. The summed E-state index contributed by atoms with van der Waals surface area (Å²) in [7, 11) is -7.99. The van der Waals surface area contributed by atoms with Crippen molar-refractivity contribution in [1.29, 1.82) is 0 Å². The Morgan fingerprint density at radius 1 is 1.12 bits per heavy atom. The first kappa shape index (κ1) is 13.5. The first-order valence-corrected chi connectivity index (χ1v) is 8.15. The summed E-state index contributed by atoms with van der Waals surface area (Å²) in [5.74, 6) is 0.0445. The largest absolute Gasteiger partial charge is 0.404 e. The van der Waals surface area contributed by atoms with E-state index in [9.17, 15) is 16.8 Å². The zero-order chi connectivity index (χ0) is 12.4. The summed E-state index contributed by atoms with van der Waals surface area (Å²) in [5, 5.41) is 0.169. The van der Waals surface area contributed by atoms with Crippen LogP contribution in [-0.2, 0) is 20.0 Å². The lowest BCUT2D eigenvalue weighted by molar-refractivity contribution is 0.494. The zero-order valence-corrected chi connectivity index (χ0v) is 11.3. The van der Waals surface area contributed by atoms with Crippen LogP contribution in [0, 0.1) is 5.08 Å². The second-order valence-electron chi connectivity index (χ2n) is 2.96. The molecule has 0 heterocycles. The third-order valence-corrected chi connectivity index (χ3v) is 4.61. The quantitative estimate of drug-likeness (QED) is 0.615. The van der Waals surface area contributed by atoms with Gasteiger partial charge in [-0.05, 0) is 24.3 Å². The fraction of sp³-hybridized carbons (Fsp3) is 0.125. The van der Waals surface area contributed by atoms with Crippen LogP contribution in [0.5, 0.6) is 5.75 Å². The van der Waals surface area contributed by atoms with Gasteiger partial charge in [-0.15, -0.1) is 0 Å². The van der Waals surface area contributed by atoms with E-state index in [2.05, 4.69) is 20.1 Å². The minimum atomic E-state index is -4.23. The van der Waals surface area contributed by atoms with Crippen LogP contribution in [-0.4, -0.2) is 23.1 Å². The van der Waals surface area contributed by atoms with E-state index in [1.807, 2.05) is 0 Å². The van der Waals surface area contributed by atoms with Crippen molar-refractivity contribution in [3.05, 3.63) is 33.8 Å². The van der Waals surface area contributed by atoms with Crippen LogP contribution in [0.1, 0.15) is 0 Å². The van der Waals surface area contributed by atoms with E-state index in [1.165, 1.54) is 12.1 Å². The summed E-state index contributed by atoms with van der Waals surface area (Å²) in [4.78, 5) is 0. The van der Waals surface area contributed by atoms with Gasteiger partial charge in [-0.3, -0.25) is 8.42 Å². The monoisotopic (exact) mass is 327 g/mol. The molecular weight excluding hydrogens is 320 g/mol. The summed E-state index contributed by atoms with van der Waals surface area (Å²) in [6.07, 6.45) is 0.773. The van der Waals surface area contributed by atoms with Gasteiger partial charge in [0.2, 0.25) is 0 Å². The molecular formula is C8H8BrO5S2-. The molecule has 0 atom stereocenters. The molecule has 0 aliphatic rings. The van der Waals surface area contributed by atoms with Crippen LogP contribution in [0.2, 0.25) is 0 Å². The Bertz CT molecular complexity index is 559. The molecule has 0 saturated heterocycles. The molecule has 90 valence electrons. The standard InChI is InChI=1S/C8H8BrO5S2/c1-15(10,11)6-16(12,13)14-8-4-2-7(9)3-5-8/h2-6H,1H3/q-1. The topological polar surface area (TPSA) is 77.5 Å². The molecule has 16 heavy (non-hydrogen) atoms. The molecule has 0 spiro atoms. The molecule has 0 aromatic heterocycles. The van der Waals surface area contributed by atoms with E-state index in [4.69, 9.17) is 0 Å². The Balaban J connectivity index is 2.85. The summed E-state index contributed by atoms with van der Waals surface area (Å²) >= 11 is 3.17. The fourth-order valence-corrected chi connectivity index (χ4v) is 3.37. The molecule has 0 aliphatic carbocycles. The lowest BCUT2D eigenvalue weighted by Gasteiger charge is -2.13. The molecule has 1 aromatic carbocycles. The molecule has 0 N–H and O–H groups in total. The van der Waals surface area contributed by atoms with Crippen LogP contribution >= 0.6 is 15.9 Å². The fourth-order valence-electron chi connectivity index (χ4n) is 0.858. The van der Waals surface area contributed by atoms with Gasteiger partial charge in [-0.2, -0.15) is 0 Å². The van der Waals surface area contributed by atoms with E-state index in [0.717, 1.165) is 10.7 Å². The van der Waals surface area contributed by atoms with E-state index in [1.54, 1.807) is 12.1 Å². The molecule has 0 radical (unpaired) electrons. The van der Waals surface area contributed by atoms with Gasteiger partial charge in [0.1, 0.15) is 5.75 Å². The molecule has 0 amide bonds. The lowest BCUT2D eigenvalue weighted by atomic mass is 10.3. The predicted octanol–water partition coefficient (Wildman–Crippen LogP) is 1.32. The van der Waals surface area contributed by atoms with E-state index in [-0.39, 0.29) is 10.8 Å². The number of sulfone groups is 1. The van der Waals surface area contributed by atoms with Crippen molar-refractivity contribution in [2.45, 2.75) is 0 Å². The van der Waals surface area contributed by atoms with E-state index in [0.29, 0.717) is 0 Å². The molecule has 0 bridgehead atoms. The molecule has 1 rings (SSSR count). The van der Waals surface area contributed by atoms with Crippen molar-refractivity contribution < 1.29 is 21.0 Å². The number of benzene rings is 1. The maximum Gasteiger partial charge on any atom is 0.191 e. The summed E-state index contributed by atoms with van der Waals surface area (Å²) in [5.41, 5.74) is 0. The Labute approximate surface area is 103 Å². The van der Waals surface area contributed by atoms with Crippen molar-refractivity contribution in [3.63, 3.8) is 0 Å². The highest BCUT2D eigenvalue weighted by Crippen LogP contribution is 2.19. The van der Waals surface area contributed by atoms with Gasteiger partial charge < -0.3 is 4.18 Å². The molecule has 0 aliphatic heterocycles. The molecule has 0 saturated carbocycles. The maximum atomic E-state index is 11.2. The summed E-state index contributed by atoms with van der Waals surface area (Å²) < 4.78 is 49.3. The second kappa shape index (κ2) is 4.72. The van der Waals surface area contributed by atoms with Crippen molar-refractivity contribution in [2.24, 2.45) is 0 Å². The minimum absolute atomic E-state index is 0.0445. The first-order chi connectivity index (χ1) is 7.18. The molecule has 0 unspecified atom stereocenters. The van der Waals surface area contributed by atoms with Gasteiger partial charge in [0.05, 0.1) is 0 Å². The average Bonchev–Trinajstić information content (AvgIpc) is 2.04. The third kappa shape index (κ3) is 4.95. The number of rotatable bonds is 4. The van der Waals surface area contributed by atoms with Gasteiger partial charge in [0, 0.05) is 20.6 Å². The summed E-state index contributed by atoms with van der Waals surface area (Å²) in [6, 6.07) is 5.95. The van der Waals surface area contributed by atoms with Gasteiger partial charge in [0.15, 0.2) is 10.1 Å². The van der Waals surface area contributed by atoms with Crippen LogP contribution in [0.3, 0.4) is 0 Å². The second-order valence-corrected chi connectivity index (χ2v) is 7.45. The zero-order valence-electron chi connectivity index (χ0n) is 8.12. The lowest BCUT2D eigenvalue weighted by Crippen LogP contribution is -2.14. The third-order valence-electron chi connectivity index (χ3n) is 1.32. The molecule has 8 heteroatoms. The number of hydrogen-bond acceptors (Lipinski definition) is 5. The van der Waals surface area contributed by atoms with Crippen LogP contribution in [0.25, 0.3) is 0 Å². The van der Waals surface area contributed by atoms with Gasteiger partial charge >= 0.3 is 0 Å². The van der Waals surface area contributed by atoms with E-state index < -0.39 is 20.0 Å². The van der Waals surface area contributed by atoms with Gasteiger partial charge in [-0.25, -0.2) is 8.42 Å². The smallest absolute Gasteiger partial charge is 0.191 e. The van der Waals surface area contributed by atoms with Crippen molar-refractivity contribution in [1.82, 2.24) is 0 Å². The first-order valence-electron chi connectivity index (χ1n) is 3.93. The van der Waals surface area contributed by atoms with E-state index >= 15 is 0 Å². The Kier molecular flexibility index (Phi) is 3.97. The number of hydrogen-bond donors (Lipinski definition) is 0. The van der Waals surface area contributed by atoms with Crippen molar-refractivity contribution in [3.8, 4) is 5.75 Å². The highest BCUT2D eigenvalue weighted by atomic mass is 79.9. The predicted molar refractivity (Wildman–Crippen MR) is 62.8 cm³/mol. The highest BCUT2D eigenvalue weighted by molar-refractivity contribution is 9.10. The normalized spacial score (nSPS) is 12.4. The van der Waals surface area contributed by atoms with Crippen LogP contribution in [0.15, 0.2) is 28.7 Å².